The van der Waals surface area contributed by atoms with E-state index in [2.05, 4.69) is 44.8 Å². The predicted molar refractivity (Wildman–Crippen MR) is 90.3 cm³/mol. The summed E-state index contributed by atoms with van der Waals surface area (Å²) in [5.74, 6) is 0.774. The van der Waals surface area contributed by atoms with Crippen LogP contribution in [-0.2, 0) is 0 Å². The van der Waals surface area contributed by atoms with Crippen molar-refractivity contribution in [2.24, 2.45) is 5.92 Å². The summed E-state index contributed by atoms with van der Waals surface area (Å²) in [6.45, 7) is 14.3. The van der Waals surface area contributed by atoms with Crippen LogP contribution in [0.4, 0.5) is 0 Å². The number of unbranched alkanes of at least 4 members (excludes halogenated alkanes) is 1. The highest BCUT2D eigenvalue weighted by molar-refractivity contribution is 4.91. The van der Waals surface area contributed by atoms with Gasteiger partial charge in [0.15, 0.2) is 0 Å². The molecule has 1 aliphatic rings. The van der Waals surface area contributed by atoms with Crippen LogP contribution >= 0.6 is 0 Å². The largest absolute Gasteiger partial charge is 0.314 e. The van der Waals surface area contributed by atoms with Crippen molar-refractivity contribution in [2.45, 2.75) is 97.7 Å². The van der Waals surface area contributed by atoms with Crippen molar-refractivity contribution in [3.8, 4) is 0 Å². The Morgan fingerprint density at radius 1 is 1.05 bits per heavy atom. The van der Waals surface area contributed by atoms with Crippen molar-refractivity contribution >= 4 is 0 Å². The highest BCUT2D eigenvalue weighted by Crippen LogP contribution is 2.28. The van der Waals surface area contributed by atoms with Crippen LogP contribution in [0.5, 0.6) is 0 Å². The van der Waals surface area contributed by atoms with Gasteiger partial charge < -0.3 is 5.32 Å². The zero-order valence-corrected chi connectivity index (χ0v) is 14.6. The molecule has 20 heavy (non-hydrogen) atoms. The predicted octanol–water partition coefficient (Wildman–Crippen LogP) is 4.44. The lowest BCUT2D eigenvalue weighted by Crippen LogP contribution is -2.56. The molecule has 1 aliphatic heterocycles. The molecule has 2 nitrogen and oxygen atoms in total. The lowest BCUT2D eigenvalue weighted by atomic mass is 9.84. The summed E-state index contributed by atoms with van der Waals surface area (Å²) >= 11 is 0. The number of hydrogen-bond donors (Lipinski definition) is 1. The van der Waals surface area contributed by atoms with Gasteiger partial charge in [0.2, 0.25) is 0 Å². The fourth-order valence-corrected chi connectivity index (χ4v) is 3.77. The number of hydrogen-bond acceptors (Lipinski definition) is 2. The average Bonchev–Trinajstić information content (AvgIpc) is 2.45. The van der Waals surface area contributed by atoms with E-state index in [1.54, 1.807) is 0 Å². The van der Waals surface area contributed by atoms with Gasteiger partial charge in [0.25, 0.3) is 0 Å². The lowest BCUT2D eigenvalue weighted by Gasteiger charge is -2.47. The van der Waals surface area contributed by atoms with Crippen LogP contribution < -0.4 is 5.32 Å². The van der Waals surface area contributed by atoms with Gasteiger partial charge in [-0.1, -0.05) is 47.0 Å². The van der Waals surface area contributed by atoms with Crippen LogP contribution in [0.15, 0.2) is 0 Å². The van der Waals surface area contributed by atoms with Gasteiger partial charge in [-0.2, -0.15) is 0 Å². The Balaban J connectivity index is 2.57. The molecular formula is C18H38N2. The van der Waals surface area contributed by atoms with Crippen molar-refractivity contribution in [1.29, 1.82) is 0 Å². The third-order valence-electron chi connectivity index (χ3n) is 5.26. The van der Waals surface area contributed by atoms with Crippen LogP contribution in [0.25, 0.3) is 0 Å². The fourth-order valence-electron chi connectivity index (χ4n) is 3.77. The zero-order chi connectivity index (χ0) is 15.0. The molecule has 120 valence electrons. The third kappa shape index (κ3) is 5.04. The van der Waals surface area contributed by atoms with E-state index >= 15 is 0 Å². The van der Waals surface area contributed by atoms with Gasteiger partial charge in [0, 0.05) is 24.7 Å². The summed E-state index contributed by atoms with van der Waals surface area (Å²) in [4.78, 5) is 2.83. The van der Waals surface area contributed by atoms with Crippen molar-refractivity contribution < 1.29 is 0 Å². The zero-order valence-electron chi connectivity index (χ0n) is 14.6. The Labute approximate surface area is 127 Å². The summed E-state index contributed by atoms with van der Waals surface area (Å²) in [5.41, 5.74) is 0. The highest BCUT2D eigenvalue weighted by Gasteiger charge is 2.34. The van der Waals surface area contributed by atoms with Crippen LogP contribution in [0.2, 0.25) is 0 Å². The minimum absolute atomic E-state index is 0.728. The molecule has 0 aromatic rings. The van der Waals surface area contributed by atoms with Gasteiger partial charge in [-0.25, -0.2) is 0 Å². The minimum Gasteiger partial charge on any atom is -0.314 e. The molecular weight excluding hydrogens is 244 g/mol. The Hall–Kier alpha value is -0.0800. The van der Waals surface area contributed by atoms with E-state index in [1.165, 1.54) is 58.0 Å². The second kappa shape index (κ2) is 9.78. The van der Waals surface area contributed by atoms with Crippen LogP contribution in [0.1, 0.15) is 79.6 Å². The Bertz CT molecular complexity index is 242. The molecule has 0 aliphatic carbocycles. The number of nitrogens with one attached hydrogen (secondary N) is 1. The molecule has 4 unspecified atom stereocenters. The molecule has 1 saturated heterocycles. The van der Waals surface area contributed by atoms with Crippen LogP contribution in [-0.4, -0.2) is 36.1 Å². The van der Waals surface area contributed by atoms with Crippen molar-refractivity contribution in [3.05, 3.63) is 0 Å². The summed E-state index contributed by atoms with van der Waals surface area (Å²) in [7, 11) is 0. The molecule has 4 atom stereocenters. The maximum absolute atomic E-state index is 3.76. The van der Waals surface area contributed by atoms with E-state index in [4.69, 9.17) is 0 Å². The van der Waals surface area contributed by atoms with Gasteiger partial charge in [0.1, 0.15) is 0 Å². The van der Waals surface area contributed by atoms with Gasteiger partial charge in [-0.15, -0.1) is 0 Å². The maximum Gasteiger partial charge on any atom is 0.0120 e. The van der Waals surface area contributed by atoms with E-state index in [-0.39, 0.29) is 0 Å². The molecule has 0 amide bonds. The van der Waals surface area contributed by atoms with Gasteiger partial charge in [-0.3, -0.25) is 4.90 Å². The standard InChI is InChI=1S/C18H38N2/c1-6-9-11-17(10-7-2)20-14-12-18(19-13-8-3)15(4)16(20)5/h15-19H,6-14H2,1-5H3. The highest BCUT2D eigenvalue weighted by atomic mass is 15.2. The van der Waals surface area contributed by atoms with Crippen LogP contribution in [0.3, 0.4) is 0 Å². The number of likely N-dealkylation sites (tertiary alicyclic amines) is 1. The summed E-state index contributed by atoms with van der Waals surface area (Å²) in [6.07, 6.45) is 9.40. The second-order valence-corrected chi connectivity index (χ2v) is 6.77. The first-order chi connectivity index (χ1) is 9.65. The van der Waals surface area contributed by atoms with E-state index in [1.807, 2.05) is 0 Å². The molecule has 1 heterocycles. The summed E-state index contributed by atoms with van der Waals surface area (Å²) in [5, 5.41) is 3.76. The van der Waals surface area contributed by atoms with Crippen molar-refractivity contribution in [2.75, 3.05) is 13.1 Å². The summed E-state index contributed by atoms with van der Waals surface area (Å²) < 4.78 is 0. The molecule has 1 fully saturated rings. The minimum atomic E-state index is 0.728. The number of rotatable bonds is 9. The molecule has 0 radical (unpaired) electrons. The second-order valence-electron chi connectivity index (χ2n) is 6.77. The van der Waals surface area contributed by atoms with Gasteiger partial charge in [-0.05, 0) is 45.1 Å². The van der Waals surface area contributed by atoms with Gasteiger partial charge in [0.05, 0.1) is 0 Å². The van der Waals surface area contributed by atoms with E-state index in [9.17, 15) is 0 Å². The molecule has 0 saturated carbocycles. The topological polar surface area (TPSA) is 15.3 Å². The average molecular weight is 283 g/mol. The Morgan fingerprint density at radius 3 is 2.40 bits per heavy atom. The third-order valence-corrected chi connectivity index (χ3v) is 5.26. The number of nitrogens with zero attached hydrogens (tertiary/aromatic N) is 1. The molecule has 2 heteroatoms. The first-order valence-corrected chi connectivity index (χ1v) is 9.14. The Kier molecular flexibility index (Phi) is 8.79. The van der Waals surface area contributed by atoms with Crippen LogP contribution in [0, 0.1) is 5.92 Å². The Morgan fingerprint density at radius 2 is 1.80 bits per heavy atom. The van der Waals surface area contributed by atoms with E-state index < -0.39 is 0 Å². The monoisotopic (exact) mass is 282 g/mol. The van der Waals surface area contributed by atoms with E-state index in [0.717, 1.165) is 24.0 Å². The first-order valence-electron chi connectivity index (χ1n) is 9.14. The number of piperidine rings is 1. The SMILES string of the molecule is CCCCC(CCC)N1CCC(NCCC)C(C)C1C. The molecule has 1 N–H and O–H groups in total. The molecule has 0 aromatic carbocycles. The van der Waals surface area contributed by atoms with Gasteiger partial charge >= 0.3 is 0 Å². The molecule has 1 rings (SSSR count). The lowest BCUT2D eigenvalue weighted by molar-refractivity contribution is 0.0387. The molecule has 0 bridgehead atoms. The van der Waals surface area contributed by atoms with E-state index in [0.29, 0.717) is 0 Å². The summed E-state index contributed by atoms with van der Waals surface area (Å²) in [6, 6.07) is 2.28. The normalized spacial score (nSPS) is 29.6. The smallest absolute Gasteiger partial charge is 0.0120 e. The molecule has 0 spiro atoms. The quantitative estimate of drug-likeness (QED) is 0.672. The first kappa shape index (κ1) is 18.0. The fraction of sp³-hybridized carbons (Fsp3) is 1.00. The van der Waals surface area contributed by atoms with Crippen molar-refractivity contribution in [1.82, 2.24) is 10.2 Å². The maximum atomic E-state index is 3.76. The molecule has 0 aromatic heterocycles. The van der Waals surface area contributed by atoms with Crippen molar-refractivity contribution in [3.63, 3.8) is 0 Å².